The molecule has 3 rings (SSSR count). The molecule has 1 aromatic heterocycles. The molecular weight excluding hydrogens is 206 g/mol. The lowest BCUT2D eigenvalue weighted by Crippen LogP contribution is -2.04. The van der Waals surface area contributed by atoms with Crippen molar-refractivity contribution in [3.63, 3.8) is 0 Å². The Morgan fingerprint density at radius 2 is 2.25 bits per heavy atom. The first kappa shape index (κ1) is 9.42. The van der Waals surface area contributed by atoms with E-state index in [-0.39, 0.29) is 6.10 Å². The molecule has 0 amide bonds. The van der Waals surface area contributed by atoms with E-state index in [1.165, 1.54) is 0 Å². The third-order valence-electron chi connectivity index (χ3n) is 2.38. The van der Waals surface area contributed by atoms with Crippen LogP contribution in [-0.4, -0.2) is 24.3 Å². The lowest BCUT2D eigenvalue weighted by molar-refractivity contribution is 0.263. The summed E-state index contributed by atoms with van der Waals surface area (Å²) < 4.78 is 16.0. The zero-order chi connectivity index (χ0) is 10.8. The summed E-state index contributed by atoms with van der Waals surface area (Å²) in [6.45, 7) is 1.37. The number of para-hydroxylation sites is 1. The van der Waals surface area contributed by atoms with Gasteiger partial charge in [0, 0.05) is 0 Å². The first-order valence-electron chi connectivity index (χ1n) is 5.17. The van der Waals surface area contributed by atoms with Gasteiger partial charge in [-0.3, -0.25) is 0 Å². The standard InChI is InChI=1S/C12H11NO3/c1-2-4-11(16-8-9-7-15-9)10(3-1)12-13-5-6-14-12/h1-6,9H,7-8H2/t9-/m0/s1. The van der Waals surface area contributed by atoms with Crippen molar-refractivity contribution < 1.29 is 13.9 Å². The molecule has 16 heavy (non-hydrogen) atoms. The summed E-state index contributed by atoms with van der Waals surface area (Å²) in [5.74, 6) is 1.35. The van der Waals surface area contributed by atoms with Gasteiger partial charge in [0.05, 0.1) is 18.4 Å². The van der Waals surface area contributed by atoms with Crippen molar-refractivity contribution in [2.75, 3.05) is 13.2 Å². The van der Waals surface area contributed by atoms with Gasteiger partial charge in [-0.05, 0) is 12.1 Å². The number of hydrogen-bond acceptors (Lipinski definition) is 4. The van der Waals surface area contributed by atoms with Gasteiger partial charge >= 0.3 is 0 Å². The first-order chi connectivity index (χ1) is 7.93. The molecule has 1 aromatic carbocycles. The number of benzene rings is 1. The zero-order valence-corrected chi connectivity index (χ0v) is 8.63. The van der Waals surface area contributed by atoms with E-state index in [4.69, 9.17) is 13.9 Å². The highest BCUT2D eigenvalue weighted by Gasteiger charge is 2.23. The Morgan fingerprint density at radius 3 is 3.00 bits per heavy atom. The van der Waals surface area contributed by atoms with E-state index in [2.05, 4.69) is 4.98 Å². The Balaban J connectivity index is 1.85. The fourth-order valence-corrected chi connectivity index (χ4v) is 1.47. The number of ether oxygens (including phenoxy) is 2. The third kappa shape index (κ3) is 1.92. The van der Waals surface area contributed by atoms with Crippen LogP contribution < -0.4 is 4.74 Å². The van der Waals surface area contributed by atoms with Gasteiger partial charge in [-0.1, -0.05) is 12.1 Å². The lowest BCUT2D eigenvalue weighted by atomic mass is 10.2. The van der Waals surface area contributed by atoms with Crippen molar-refractivity contribution in [1.29, 1.82) is 0 Å². The molecule has 0 radical (unpaired) electrons. The summed E-state index contributed by atoms with van der Waals surface area (Å²) in [6.07, 6.45) is 3.42. The van der Waals surface area contributed by atoms with Crippen molar-refractivity contribution in [2.45, 2.75) is 6.10 Å². The Labute approximate surface area is 92.8 Å². The largest absolute Gasteiger partial charge is 0.490 e. The van der Waals surface area contributed by atoms with Gasteiger partial charge < -0.3 is 13.9 Å². The highest BCUT2D eigenvalue weighted by atomic mass is 16.6. The maximum Gasteiger partial charge on any atom is 0.229 e. The predicted molar refractivity (Wildman–Crippen MR) is 57.2 cm³/mol. The summed E-state index contributed by atoms with van der Waals surface area (Å²) >= 11 is 0. The third-order valence-corrected chi connectivity index (χ3v) is 2.38. The average Bonchev–Trinajstić information content (AvgIpc) is 3.00. The van der Waals surface area contributed by atoms with E-state index >= 15 is 0 Å². The highest BCUT2D eigenvalue weighted by molar-refractivity contribution is 5.62. The quantitative estimate of drug-likeness (QED) is 0.736. The first-order valence-corrected chi connectivity index (χ1v) is 5.17. The fraction of sp³-hybridized carbons (Fsp3) is 0.250. The minimum absolute atomic E-state index is 0.248. The molecule has 2 heterocycles. The predicted octanol–water partition coefficient (Wildman–Crippen LogP) is 2.12. The number of hydrogen-bond donors (Lipinski definition) is 0. The monoisotopic (exact) mass is 217 g/mol. The number of rotatable bonds is 4. The van der Waals surface area contributed by atoms with Crippen molar-refractivity contribution in [3.05, 3.63) is 36.7 Å². The van der Waals surface area contributed by atoms with Gasteiger partial charge in [-0.2, -0.15) is 0 Å². The summed E-state index contributed by atoms with van der Waals surface area (Å²) in [4.78, 5) is 4.11. The molecule has 0 spiro atoms. The maximum absolute atomic E-state index is 5.66. The van der Waals surface area contributed by atoms with E-state index in [1.807, 2.05) is 24.3 Å². The molecular formula is C12H11NO3. The molecule has 82 valence electrons. The second kappa shape index (κ2) is 3.98. The van der Waals surface area contributed by atoms with Crippen molar-refractivity contribution in [2.24, 2.45) is 0 Å². The summed E-state index contributed by atoms with van der Waals surface area (Å²) in [6, 6.07) is 7.69. The molecule has 1 atom stereocenters. The molecule has 1 aliphatic rings. The Hall–Kier alpha value is -1.81. The van der Waals surface area contributed by atoms with Crippen LogP contribution in [-0.2, 0) is 4.74 Å². The van der Waals surface area contributed by atoms with Crippen LogP contribution in [0.3, 0.4) is 0 Å². The van der Waals surface area contributed by atoms with Crippen LogP contribution in [0.15, 0.2) is 41.1 Å². The van der Waals surface area contributed by atoms with Crippen LogP contribution >= 0.6 is 0 Å². The second-order valence-corrected chi connectivity index (χ2v) is 3.60. The summed E-state index contributed by atoms with van der Waals surface area (Å²) in [5, 5.41) is 0. The van der Waals surface area contributed by atoms with E-state index < -0.39 is 0 Å². The number of nitrogens with zero attached hydrogens (tertiary/aromatic N) is 1. The molecule has 4 heteroatoms. The van der Waals surface area contributed by atoms with Crippen molar-refractivity contribution in [3.8, 4) is 17.2 Å². The topological polar surface area (TPSA) is 47.8 Å². The Bertz CT molecular complexity index is 463. The Morgan fingerprint density at radius 1 is 1.38 bits per heavy atom. The van der Waals surface area contributed by atoms with Crippen molar-refractivity contribution in [1.82, 2.24) is 4.98 Å². The van der Waals surface area contributed by atoms with Gasteiger partial charge in [0.1, 0.15) is 24.7 Å². The number of aromatic nitrogens is 1. The van der Waals surface area contributed by atoms with Gasteiger partial charge in [0.15, 0.2) is 0 Å². The van der Waals surface area contributed by atoms with Crippen LogP contribution in [0, 0.1) is 0 Å². The second-order valence-electron chi connectivity index (χ2n) is 3.60. The maximum atomic E-state index is 5.66. The van der Waals surface area contributed by atoms with Crippen LogP contribution in [0.1, 0.15) is 0 Å². The number of oxazole rings is 1. The van der Waals surface area contributed by atoms with E-state index in [1.54, 1.807) is 12.5 Å². The highest BCUT2D eigenvalue weighted by Crippen LogP contribution is 2.29. The van der Waals surface area contributed by atoms with Crippen molar-refractivity contribution >= 4 is 0 Å². The Kier molecular flexibility index (Phi) is 2.34. The van der Waals surface area contributed by atoms with Gasteiger partial charge in [0.2, 0.25) is 5.89 Å². The summed E-state index contributed by atoms with van der Waals surface area (Å²) in [5.41, 5.74) is 0.869. The van der Waals surface area contributed by atoms with E-state index in [0.29, 0.717) is 12.5 Å². The molecule has 0 saturated carbocycles. The van der Waals surface area contributed by atoms with E-state index in [9.17, 15) is 0 Å². The zero-order valence-electron chi connectivity index (χ0n) is 8.63. The molecule has 0 N–H and O–H groups in total. The van der Waals surface area contributed by atoms with Gasteiger partial charge in [-0.25, -0.2) is 4.98 Å². The molecule has 0 aliphatic carbocycles. The van der Waals surface area contributed by atoms with Gasteiger partial charge in [-0.15, -0.1) is 0 Å². The smallest absolute Gasteiger partial charge is 0.229 e. The van der Waals surface area contributed by atoms with Gasteiger partial charge in [0.25, 0.3) is 0 Å². The molecule has 1 aliphatic heterocycles. The normalized spacial score (nSPS) is 18.4. The van der Waals surface area contributed by atoms with Crippen LogP contribution in [0.5, 0.6) is 5.75 Å². The van der Waals surface area contributed by atoms with E-state index in [0.717, 1.165) is 17.9 Å². The van der Waals surface area contributed by atoms with Crippen LogP contribution in [0.2, 0.25) is 0 Å². The fourth-order valence-electron chi connectivity index (χ4n) is 1.47. The minimum atomic E-state index is 0.248. The average molecular weight is 217 g/mol. The van der Waals surface area contributed by atoms with Crippen LogP contribution in [0.25, 0.3) is 11.5 Å². The molecule has 1 saturated heterocycles. The molecule has 2 aromatic rings. The minimum Gasteiger partial charge on any atom is -0.490 e. The summed E-state index contributed by atoms with van der Waals surface area (Å²) in [7, 11) is 0. The molecule has 0 unspecified atom stereocenters. The van der Waals surface area contributed by atoms with Crippen LogP contribution in [0.4, 0.5) is 0 Å². The lowest BCUT2D eigenvalue weighted by Gasteiger charge is -2.07. The SMILES string of the molecule is c1ccc(-c2ncco2)c(OC[C@@H]2CO2)c1. The molecule has 0 bridgehead atoms. The number of epoxide rings is 1. The molecule has 4 nitrogen and oxygen atoms in total. The molecule has 1 fully saturated rings.